The summed E-state index contributed by atoms with van der Waals surface area (Å²) in [4.78, 5) is 43.2. The van der Waals surface area contributed by atoms with E-state index in [1.807, 2.05) is 37.6 Å². The summed E-state index contributed by atoms with van der Waals surface area (Å²) >= 11 is 0. The number of nitrogens with zero attached hydrogens (tertiary/aromatic N) is 3. The van der Waals surface area contributed by atoms with Gasteiger partial charge in [0.1, 0.15) is 11.6 Å². The van der Waals surface area contributed by atoms with E-state index in [1.54, 1.807) is 4.90 Å². The molecule has 0 aromatic rings. The van der Waals surface area contributed by atoms with Crippen LogP contribution in [0, 0.1) is 5.92 Å². The lowest BCUT2D eigenvalue weighted by Gasteiger charge is -2.36. The van der Waals surface area contributed by atoms with E-state index in [2.05, 4.69) is 6.92 Å². The fourth-order valence-corrected chi connectivity index (χ4v) is 3.94. The first-order valence-corrected chi connectivity index (χ1v) is 10.7. The van der Waals surface area contributed by atoms with Gasteiger partial charge in [-0.2, -0.15) is 0 Å². The number of rotatable bonds is 5. The van der Waals surface area contributed by atoms with Crippen molar-refractivity contribution in [2.75, 3.05) is 33.2 Å². The molecule has 3 amide bonds. The fourth-order valence-electron chi connectivity index (χ4n) is 3.94. The van der Waals surface area contributed by atoms with E-state index in [9.17, 15) is 14.4 Å². The summed E-state index contributed by atoms with van der Waals surface area (Å²) in [7, 11) is 1.87. The Bertz CT molecular complexity index is 564. The number of carbonyl (C=O) groups is 3. The standard InChI is InChI=1S/C21H37N3O4/c1-6-7-12-22(5)18(25)16-10-14-23(15-11-16)19(26)17-9-8-13-24(17)20(27)28-21(2,3)4/h16-17H,6-15H2,1-5H3/t17-/m0/s1. The van der Waals surface area contributed by atoms with Gasteiger partial charge >= 0.3 is 6.09 Å². The van der Waals surface area contributed by atoms with E-state index in [4.69, 9.17) is 4.74 Å². The predicted molar refractivity (Wildman–Crippen MR) is 108 cm³/mol. The van der Waals surface area contributed by atoms with Crippen LogP contribution in [0.2, 0.25) is 0 Å². The van der Waals surface area contributed by atoms with Crippen LogP contribution in [0.25, 0.3) is 0 Å². The largest absolute Gasteiger partial charge is 0.444 e. The quantitative estimate of drug-likeness (QED) is 0.718. The average molecular weight is 396 g/mol. The minimum atomic E-state index is -0.574. The first-order valence-electron chi connectivity index (χ1n) is 10.7. The summed E-state index contributed by atoms with van der Waals surface area (Å²) in [6.45, 7) is 10.1. The zero-order valence-electron chi connectivity index (χ0n) is 18.2. The van der Waals surface area contributed by atoms with Crippen molar-refractivity contribution < 1.29 is 19.1 Å². The smallest absolute Gasteiger partial charge is 0.410 e. The van der Waals surface area contributed by atoms with Gasteiger partial charge in [-0.1, -0.05) is 13.3 Å². The van der Waals surface area contributed by atoms with Crippen LogP contribution in [0.3, 0.4) is 0 Å². The molecule has 0 aliphatic carbocycles. The molecule has 160 valence electrons. The molecule has 0 unspecified atom stereocenters. The normalized spacial score (nSPS) is 21.0. The Hall–Kier alpha value is -1.79. The van der Waals surface area contributed by atoms with E-state index in [0.717, 1.165) is 25.8 Å². The number of amides is 3. The topological polar surface area (TPSA) is 70.2 Å². The number of likely N-dealkylation sites (tertiary alicyclic amines) is 2. The van der Waals surface area contributed by atoms with Crippen LogP contribution in [0.15, 0.2) is 0 Å². The van der Waals surface area contributed by atoms with Crippen molar-refractivity contribution in [3.63, 3.8) is 0 Å². The SMILES string of the molecule is CCCCN(C)C(=O)C1CCN(C(=O)[C@@H]2CCCN2C(=O)OC(C)(C)C)CC1. The van der Waals surface area contributed by atoms with Crippen molar-refractivity contribution in [3.05, 3.63) is 0 Å². The van der Waals surface area contributed by atoms with Gasteiger partial charge < -0.3 is 14.5 Å². The number of hydrogen-bond donors (Lipinski definition) is 0. The second-order valence-electron chi connectivity index (χ2n) is 9.04. The van der Waals surface area contributed by atoms with Crippen LogP contribution in [0.5, 0.6) is 0 Å². The monoisotopic (exact) mass is 395 g/mol. The number of ether oxygens (including phenoxy) is 1. The summed E-state index contributed by atoms with van der Waals surface area (Å²) in [5.41, 5.74) is -0.574. The summed E-state index contributed by atoms with van der Waals surface area (Å²) < 4.78 is 5.46. The maximum Gasteiger partial charge on any atom is 0.410 e. The van der Waals surface area contributed by atoms with Crippen LogP contribution in [0.1, 0.15) is 66.2 Å². The average Bonchev–Trinajstić information content (AvgIpc) is 3.13. The van der Waals surface area contributed by atoms with Crippen molar-refractivity contribution in [2.45, 2.75) is 77.9 Å². The fraction of sp³-hybridized carbons (Fsp3) is 0.857. The molecule has 0 spiro atoms. The maximum absolute atomic E-state index is 13.0. The number of carbonyl (C=O) groups excluding carboxylic acids is 3. The Morgan fingerprint density at radius 1 is 1.07 bits per heavy atom. The highest BCUT2D eigenvalue weighted by molar-refractivity contribution is 5.87. The molecular formula is C21H37N3O4. The molecule has 28 heavy (non-hydrogen) atoms. The van der Waals surface area contributed by atoms with E-state index in [-0.39, 0.29) is 17.7 Å². The van der Waals surface area contributed by atoms with Crippen molar-refractivity contribution in [1.29, 1.82) is 0 Å². The molecule has 2 fully saturated rings. The van der Waals surface area contributed by atoms with Crippen LogP contribution in [0.4, 0.5) is 4.79 Å². The number of piperidine rings is 1. The Morgan fingerprint density at radius 3 is 2.29 bits per heavy atom. The minimum Gasteiger partial charge on any atom is -0.444 e. The van der Waals surface area contributed by atoms with E-state index in [1.165, 1.54) is 0 Å². The zero-order chi connectivity index (χ0) is 20.9. The Labute approximate surface area is 169 Å². The second-order valence-corrected chi connectivity index (χ2v) is 9.04. The van der Waals surface area contributed by atoms with Gasteiger partial charge in [-0.15, -0.1) is 0 Å². The third kappa shape index (κ3) is 5.85. The molecule has 7 heteroatoms. The highest BCUT2D eigenvalue weighted by Crippen LogP contribution is 2.25. The first-order chi connectivity index (χ1) is 13.1. The first kappa shape index (κ1) is 22.5. The molecule has 2 aliphatic heterocycles. The molecule has 0 aromatic carbocycles. The van der Waals surface area contributed by atoms with Gasteiger partial charge in [-0.3, -0.25) is 14.5 Å². The molecule has 7 nitrogen and oxygen atoms in total. The predicted octanol–water partition coefficient (Wildman–Crippen LogP) is 2.88. The molecule has 0 bridgehead atoms. The van der Waals surface area contributed by atoms with E-state index in [0.29, 0.717) is 38.9 Å². The highest BCUT2D eigenvalue weighted by Gasteiger charge is 2.40. The summed E-state index contributed by atoms with van der Waals surface area (Å²) in [5.74, 6) is 0.182. The van der Waals surface area contributed by atoms with Gasteiger partial charge in [-0.05, 0) is 52.9 Å². The Kier molecular flexibility index (Phi) is 7.72. The third-order valence-corrected chi connectivity index (χ3v) is 5.55. The van der Waals surface area contributed by atoms with Gasteiger partial charge in [0.2, 0.25) is 11.8 Å². The second kappa shape index (κ2) is 9.61. The molecule has 2 saturated heterocycles. The van der Waals surface area contributed by atoms with Crippen molar-refractivity contribution in [3.8, 4) is 0 Å². The van der Waals surface area contributed by atoms with Crippen LogP contribution in [-0.4, -0.2) is 77.5 Å². The number of unbranched alkanes of at least 4 members (excludes halogenated alkanes) is 1. The van der Waals surface area contributed by atoms with Crippen LogP contribution >= 0.6 is 0 Å². The van der Waals surface area contributed by atoms with Crippen molar-refractivity contribution in [2.24, 2.45) is 5.92 Å². The van der Waals surface area contributed by atoms with Gasteiger partial charge in [0, 0.05) is 39.1 Å². The lowest BCUT2D eigenvalue weighted by atomic mass is 9.94. The molecule has 0 saturated carbocycles. The van der Waals surface area contributed by atoms with Crippen LogP contribution < -0.4 is 0 Å². The molecule has 0 N–H and O–H groups in total. The lowest BCUT2D eigenvalue weighted by molar-refractivity contribution is -0.142. The van der Waals surface area contributed by atoms with Crippen molar-refractivity contribution >= 4 is 17.9 Å². The third-order valence-electron chi connectivity index (χ3n) is 5.55. The van der Waals surface area contributed by atoms with E-state index < -0.39 is 17.7 Å². The molecule has 2 rings (SSSR count). The van der Waals surface area contributed by atoms with E-state index >= 15 is 0 Å². The Balaban J connectivity index is 1.88. The van der Waals surface area contributed by atoms with Gasteiger partial charge in [0.25, 0.3) is 0 Å². The van der Waals surface area contributed by atoms with Gasteiger partial charge in [0.15, 0.2) is 0 Å². The van der Waals surface area contributed by atoms with Crippen LogP contribution in [-0.2, 0) is 14.3 Å². The molecular weight excluding hydrogens is 358 g/mol. The Morgan fingerprint density at radius 2 is 1.71 bits per heavy atom. The van der Waals surface area contributed by atoms with Gasteiger partial charge in [0.05, 0.1) is 0 Å². The lowest BCUT2D eigenvalue weighted by Crippen LogP contribution is -2.51. The minimum absolute atomic E-state index is 0.00329. The number of hydrogen-bond acceptors (Lipinski definition) is 4. The summed E-state index contributed by atoms with van der Waals surface area (Å²) in [6, 6.07) is -0.436. The molecule has 1 atom stereocenters. The molecule has 0 radical (unpaired) electrons. The zero-order valence-corrected chi connectivity index (χ0v) is 18.2. The molecule has 2 heterocycles. The molecule has 0 aromatic heterocycles. The molecule has 2 aliphatic rings. The van der Waals surface area contributed by atoms with Gasteiger partial charge in [-0.25, -0.2) is 4.79 Å². The maximum atomic E-state index is 13.0. The summed E-state index contributed by atoms with van der Waals surface area (Å²) in [5, 5.41) is 0. The summed E-state index contributed by atoms with van der Waals surface area (Å²) in [6.07, 6.45) is 4.55. The van der Waals surface area contributed by atoms with Crippen molar-refractivity contribution in [1.82, 2.24) is 14.7 Å². The highest BCUT2D eigenvalue weighted by atomic mass is 16.6.